The van der Waals surface area contributed by atoms with Gasteiger partial charge >= 0.3 is 6.03 Å². The van der Waals surface area contributed by atoms with E-state index < -0.39 is 0 Å². The molecule has 2 amide bonds. The highest BCUT2D eigenvalue weighted by Gasteiger charge is 2.23. The van der Waals surface area contributed by atoms with E-state index in [2.05, 4.69) is 32.2 Å². The average Bonchev–Trinajstić information content (AvgIpc) is 3.23. The van der Waals surface area contributed by atoms with Crippen molar-refractivity contribution in [1.82, 2.24) is 9.88 Å². The van der Waals surface area contributed by atoms with Gasteiger partial charge in [-0.25, -0.2) is 9.78 Å². The third-order valence-corrected chi connectivity index (χ3v) is 5.71. The van der Waals surface area contributed by atoms with Crippen molar-refractivity contribution in [2.24, 2.45) is 0 Å². The van der Waals surface area contributed by atoms with Crippen LogP contribution in [-0.4, -0.2) is 55.2 Å². The fourth-order valence-electron chi connectivity index (χ4n) is 3.72. The minimum absolute atomic E-state index is 0.0756. The highest BCUT2D eigenvalue weighted by atomic mass is 35.5. The van der Waals surface area contributed by atoms with Crippen LogP contribution < -0.4 is 15.1 Å². The van der Waals surface area contributed by atoms with E-state index in [1.165, 1.54) is 18.5 Å². The number of nitrogens with zero attached hydrogens (tertiary/aromatic N) is 4. The third-order valence-electron chi connectivity index (χ3n) is 5.22. The summed E-state index contributed by atoms with van der Waals surface area (Å²) >= 11 is 12.2. The van der Waals surface area contributed by atoms with Crippen LogP contribution in [0.1, 0.15) is 12.8 Å². The molecule has 0 aliphatic carbocycles. The van der Waals surface area contributed by atoms with Gasteiger partial charge in [0.1, 0.15) is 5.82 Å². The molecule has 3 heterocycles. The highest BCUT2D eigenvalue weighted by molar-refractivity contribution is 6.36. The molecule has 1 aromatic heterocycles. The molecule has 2 aliphatic rings. The molecule has 2 aliphatic heterocycles. The number of pyridine rings is 1. The summed E-state index contributed by atoms with van der Waals surface area (Å²) in [5.41, 5.74) is 2.00. The van der Waals surface area contributed by atoms with Crippen molar-refractivity contribution in [3.8, 4) is 0 Å². The second-order valence-electron chi connectivity index (χ2n) is 7.11. The first-order valence-electron chi connectivity index (χ1n) is 9.57. The normalized spacial score (nSPS) is 17.1. The Bertz CT molecular complexity index is 848. The number of urea groups is 1. The fraction of sp³-hybridized carbons (Fsp3) is 0.400. The Morgan fingerprint density at radius 3 is 2.43 bits per heavy atom. The predicted octanol–water partition coefficient (Wildman–Crippen LogP) is 4.34. The number of hydrogen-bond donors (Lipinski definition) is 1. The van der Waals surface area contributed by atoms with Gasteiger partial charge in [-0.15, -0.1) is 0 Å². The Balaban J connectivity index is 1.35. The maximum Gasteiger partial charge on any atom is 0.321 e. The van der Waals surface area contributed by atoms with E-state index in [1.807, 2.05) is 17.0 Å². The summed E-state index contributed by atoms with van der Waals surface area (Å²) in [4.78, 5) is 23.3. The average molecular weight is 420 g/mol. The Kier molecular flexibility index (Phi) is 5.78. The van der Waals surface area contributed by atoms with E-state index in [0.717, 1.165) is 18.8 Å². The zero-order valence-electron chi connectivity index (χ0n) is 15.6. The van der Waals surface area contributed by atoms with Crippen molar-refractivity contribution in [2.75, 3.05) is 54.4 Å². The van der Waals surface area contributed by atoms with Crippen molar-refractivity contribution in [2.45, 2.75) is 12.8 Å². The number of carbonyl (C=O) groups is 1. The molecule has 2 aromatic rings. The summed E-state index contributed by atoms with van der Waals surface area (Å²) in [5, 5.41) is 4.08. The zero-order chi connectivity index (χ0) is 19.5. The van der Waals surface area contributed by atoms with Crippen LogP contribution in [0, 0.1) is 0 Å². The number of nitrogens with one attached hydrogen (secondary N) is 1. The zero-order valence-corrected chi connectivity index (χ0v) is 17.1. The van der Waals surface area contributed by atoms with Gasteiger partial charge in [0.15, 0.2) is 0 Å². The SMILES string of the molecule is O=C(Nc1cccc(N2CCCC2)c1)N1CCN(c2ncc(Cl)cc2Cl)CC1. The number of piperazine rings is 1. The van der Waals surface area contributed by atoms with Gasteiger partial charge in [0.25, 0.3) is 0 Å². The monoisotopic (exact) mass is 419 g/mol. The standard InChI is InChI=1S/C20H23Cl2N5O/c21-15-12-18(22)19(23-14-15)26-8-10-27(11-9-26)20(28)24-16-4-3-5-17(13-16)25-6-1-2-7-25/h3-5,12-14H,1-2,6-11H2,(H,24,28). The van der Waals surface area contributed by atoms with Crippen molar-refractivity contribution in [1.29, 1.82) is 0 Å². The van der Waals surface area contributed by atoms with Crippen LogP contribution in [0.5, 0.6) is 0 Å². The lowest BCUT2D eigenvalue weighted by Crippen LogP contribution is -2.50. The number of carbonyl (C=O) groups excluding carboxylic acids is 1. The van der Waals surface area contributed by atoms with Crippen LogP contribution in [0.4, 0.5) is 22.0 Å². The number of benzene rings is 1. The second-order valence-corrected chi connectivity index (χ2v) is 7.95. The molecule has 2 fully saturated rings. The van der Waals surface area contributed by atoms with E-state index in [-0.39, 0.29) is 6.03 Å². The number of rotatable bonds is 3. The van der Waals surface area contributed by atoms with Gasteiger partial charge in [-0.3, -0.25) is 0 Å². The molecule has 0 saturated carbocycles. The molecule has 1 N–H and O–H groups in total. The van der Waals surface area contributed by atoms with Crippen LogP contribution in [-0.2, 0) is 0 Å². The second kappa shape index (κ2) is 8.45. The third kappa shape index (κ3) is 4.28. The summed E-state index contributed by atoms with van der Waals surface area (Å²) in [6, 6.07) is 9.70. The summed E-state index contributed by atoms with van der Waals surface area (Å²) in [5.74, 6) is 0.712. The Labute approximate surface area is 175 Å². The van der Waals surface area contributed by atoms with Crippen LogP contribution in [0.2, 0.25) is 10.0 Å². The van der Waals surface area contributed by atoms with Gasteiger partial charge in [-0.05, 0) is 37.1 Å². The molecule has 148 valence electrons. The molecule has 0 bridgehead atoms. The van der Waals surface area contributed by atoms with Gasteiger partial charge in [0.05, 0.1) is 10.0 Å². The molecule has 28 heavy (non-hydrogen) atoms. The fourth-order valence-corrected chi connectivity index (χ4v) is 4.22. The number of hydrogen-bond acceptors (Lipinski definition) is 4. The number of amides is 2. The van der Waals surface area contributed by atoms with Crippen molar-refractivity contribution in [3.05, 3.63) is 46.6 Å². The quantitative estimate of drug-likeness (QED) is 0.803. The lowest BCUT2D eigenvalue weighted by molar-refractivity contribution is 0.208. The molecule has 8 heteroatoms. The van der Waals surface area contributed by atoms with Crippen LogP contribution in [0.25, 0.3) is 0 Å². The molecule has 1 aromatic carbocycles. The minimum atomic E-state index is -0.0756. The van der Waals surface area contributed by atoms with Gasteiger partial charge in [0, 0.05) is 56.8 Å². The van der Waals surface area contributed by atoms with E-state index in [0.29, 0.717) is 42.0 Å². The summed E-state index contributed by atoms with van der Waals surface area (Å²) in [7, 11) is 0. The molecule has 0 spiro atoms. The molecule has 0 unspecified atom stereocenters. The van der Waals surface area contributed by atoms with Crippen LogP contribution >= 0.6 is 23.2 Å². The first-order chi connectivity index (χ1) is 13.6. The van der Waals surface area contributed by atoms with E-state index >= 15 is 0 Å². The number of anilines is 3. The molecule has 0 atom stereocenters. The molecule has 6 nitrogen and oxygen atoms in total. The lowest BCUT2D eigenvalue weighted by atomic mass is 10.2. The smallest absolute Gasteiger partial charge is 0.321 e. The van der Waals surface area contributed by atoms with E-state index in [9.17, 15) is 4.79 Å². The number of halogens is 2. The topological polar surface area (TPSA) is 51.7 Å². The van der Waals surface area contributed by atoms with E-state index in [4.69, 9.17) is 23.2 Å². The Morgan fingerprint density at radius 2 is 1.71 bits per heavy atom. The van der Waals surface area contributed by atoms with Gasteiger partial charge in [-0.1, -0.05) is 29.3 Å². The molecule has 0 radical (unpaired) electrons. The van der Waals surface area contributed by atoms with Crippen LogP contribution in [0.15, 0.2) is 36.5 Å². The summed E-state index contributed by atoms with van der Waals surface area (Å²) in [6.07, 6.45) is 4.05. The van der Waals surface area contributed by atoms with Gasteiger partial charge in [0.2, 0.25) is 0 Å². The van der Waals surface area contributed by atoms with Crippen molar-refractivity contribution in [3.63, 3.8) is 0 Å². The largest absolute Gasteiger partial charge is 0.371 e. The number of aromatic nitrogens is 1. The van der Waals surface area contributed by atoms with Gasteiger partial charge < -0.3 is 20.0 Å². The lowest BCUT2D eigenvalue weighted by Gasteiger charge is -2.35. The maximum absolute atomic E-state index is 12.7. The van der Waals surface area contributed by atoms with E-state index in [1.54, 1.807) is 12.3 Å². The molecular formula is C20H23Cl2N5O. The summed E-state index contributed by atoms with van der Waals surface area (Å²) in [6.45, 7) is 4.74. The van der Waals surface area contributed by atoms with Crippen molar-refractivity contribution < 1.29 is 4.79 Å². The molecule has 4 rings (SSSR count). The predicted molar refractivity (Wildman–Crippen MR) is 115 cm³/mol. The first-order valence-corrected chi connectivity index (χ1v) is 10.3. The van der Waals surface area contributed by atoms with Crippen molar-refractivity contribution >= 4 is 46.4 Å². The molecule has 2 saturated heterocycles. The minimum Gasteiger partial charge on any atom is -0.371 e. The highest BCUT2D eigenvalue weighted by Crippen LogP contribution is 2.27. The first kappa shape index (κ1) is 19.2. The Hall–Kier alpha value is -2.18. The van der Waals surface area contributed by atoms with Gasteiger partial charge in [-0.2, -0.15) is 0 Å². The van der Waals surface area contributed by atoms with Crippen LogP contribution in [0.3, 0.4) is 0 Å². The maximum atomic E-state index is 12.7. The summed E-state index contributed by atoms with van der Waals surface area (Å²) < 4.78 is 0. The Morgan fingerprint density at radius 1 is 0.964 bits per heavy atom. The molecular weight excluding hydrogens is 397 g/mol.